The Labute approximate surface area is 158 Å². The van der Waals surface area contributed by atoms with Crippen LogP contribution in [0.25, 0.3) is 0 Å². The van der Waals surface area contributed by atoms with Crippen LogP contribution in [0.4, 0.5) is 0 Å². The second-order valence-electron chi connectivity index (χ2n) is 8.74. The number of hydrogen-bond donors (Lipinski definition) is 0. The first-order valence-electron chi connectivity index (χ1n) is 8.98. The highest BCUT2D eigenvalue weighted by Crippen LogP contribution is 2.44. The van der Waals surface area contributed by atoms with E-state index in [0.717, 1.165) is 25.0 Å². The van der Waals surface area contributed by atoms with Crippen molar-refractivity contribution in [2.45, 2.75) is 91.3 Å². The van der Waals surface area contributed by atoms with Gasteiger partial charge in [-0.1, -0.05) is 55.4 Å². The Kier molecular flexibility index (Phi) is 7.55. The van der Waals surface area contributed by atoms with E-state index in [1.807, 2.05) is 0 Å². The van der Waals surface area contributed by atoms with Crippen LogP contribution in [0.5, 0.6) is 0 Å². The third-order valence-electron chi connectivity index (χ3n) is 5.34. The molecule has 0 aromatic heterocycles. The lowest BCUT2D eigenvalue weighted by molar-refractivity contribution is -0.115. The number of hydrogen-bond acceptors (Lipinski definition) is 2. The molecule has 0 atom stereocenters. The van der Waals surface area contributed by atoms with Gasteiger partial charge in [-0.25, -0.2) is 0 Å². The summed E-state index contributed by atoms with van der Waals surface area (Å²) in [7, 11) is -1.79. The third kappa shape index (κ3) is 4.91. The van der Waals surface area contributed by atoms with Gasteiger partial charge < -0.3 is 4.43 Å². The van der Waals surface area contributed by atoms with Crippen molar-refractivity contribution in [3.63, 3.8) is 0 Å². The lowest BCUT2D eigenvalue weighted by Gasteiger charge is -2.42. The quantitative estimate of drug-likeness (QED) is 0.247. The Bertz CT molecular complexity index is 442. The number of carbonyl (C=O) groups excluding carboxylic acids is 1. The fourth-order valence-electron chi connectivity index (χ4n) is 4.40. The molecule has 0 radical (unpaired) electrons. The zero-order valence-corrected chi connectivity index (χ0v) is 19.4. The molecule has 23 heavy (non-hydrogen) atoms. The first-order chi connectivity index (χ1) is 10.4. The maximum Gasteiger partial charge on any atom is 0.200 e. The van der Waals surface area contributed by atoms with E-state index in [1.165, 1.54) is 3.58 Å². The molecule has 0 spiro atoms. The summed E-state index contributed by atoms with van der Waals surface area (Å²) in [6.45, 7) is 19.0. The van der Waals surface area contributed by atoms with E-state index >= 15 is 0 Å². The minimum atomic E-state index is -1.79. The van der Waals surface area contributed by atoms with E-state index in [4.69, 9.17) is 4.43 Å². The molecule has 0 aliphatic heterocycles. The summed E-state index contributed by atoms with van der Waals surface area (Å²) in [5, 5.41) is 0. The standard InChI is InChI=1S/C19H35IO2Si/c1-13(2)23(14(3)4,15(5)6)22-10-9-17(20)16-11-19(7,8)12-18(16)21/h13-15H,9-12H2,1-8H3/b17-16+. The Hall–Kier alpha value is 0.317. The van der Waals surface area contributed by atoms with Crippen LogP contribution >= 0.6 is 22.6 Å². The van der Waals surface area contributed by atoms with Crippen molar-refractivity contribution in [2.75, 3.05) is 6.61 Å². The number of halogens is 1. The van der Waals surface area contributed by atoms with Gasteiger partial charge >= 0.3 is 0 Å². The van der Waals surface area contributed by atoms with Gasteiger partial charge in [-0.3, -0.25) is 4.79 Å². The molecule has 0 heterocycles. The van der Waals surface area contributed by atoms with Gasteiger partial charge in [0.25, 0.3) is 0 Å². The lowest BCUT2D eigenvalue weighted by atomic mass is 9.91. The first-order valence-corrected chi connectivity index (χ1v) is 12.2. The number of Topliss-reactive ketones (excluding diaryl/α,β-unsaturated/α-hetero) is 1. The van der Waals surface area contributed by atoms with Crippen molar-refractivity contribution in [2.24, 2.45) is 5.41 Å². The van der Waals surface area contributed by atoms with Gasteiger partial charge in [-0.15, -0.1) is 0 Å². The van der Waals surface area contributed by atoms with Crippen molar-refractivity contribution in [3.8, 4) is 0 Å². The second-order valence-corrected chi connectivity index (χ2v) is 15.5. The fourth-order valence-corrected chi connectivity index (χ4v) is 10.6. The van der Waals surface area contributed by atoms with E-state index in [-0.39, 0.29) is 5.41 Å². The summed E-state index contributed by atoms with van der Waals surface area (Å²) in [5.41, 5.74) is 3.03. The summed E-state index contributed by atoms with van der Waals surface area (Å²) < 4.78 is 7.84. The molecular formula is C19H35IO2Si. The highest BCUT2D eigenvalue weighted by molar-refractivity contribution is 14.1. The molecule has 134 valence electrons. The van der Waals surface area contributed by atoms with Crippen molar-refractivity contribution in [1.82, 2.24) is 0 Å². The number of allylic oxidation sites excluding steroid dienone is 1. The minimum absolute atomic E-state index is 0.135. The van der Waals surface area contributed by atoms with Crippen molar-refractivity contribution < 1.29 is 9.22 Å². The number of rotatable bonds is 7. The molecule has 0 saturated heterocycles. The summed E-state index contributed by atoms with van der Waals surface area (Å²) in [5.74, 6) is 0.347. The summed E-state index contributed by atoms with van der Waals surface area (Å²) in [6, 6.07) is 0. The van der Waals surface area contributed by atoms with Gasteiger partial charge in [0, 0.05) is 25.0 Å². The van der Waals surface area contributed by atoms with E-state index < -0.39 is 8.32 Å². The third-order valence-corrected chi connectivity index (χ3v) is 12.6. The van der Waals surface area contributed by atoms with Gasteiger partial charge in [0.1, 0.15) is 0 Å². The topological polar surface area (TPSA) is 26.3 Å². The van der Waals surface area contributed by atoms with Crippen molar-refractivity contribution >= 4 is 36.7 Å². The average Bonchev–Trinajstić information content (AvgIpc) is 2.66. The molecule has 1 rings (SSSR count). The van der Waals surface area contributed by atoms with Gasteiger partial charge in [0.05, 0.1) is 0 Å². The Morgan fingerprint density at radius 2 is 1.57 bits per heavy atom. The lowest BCUT2D eigenvalue weighted by Crippen LogP contribution is -2.47. The molecule has 0 aromatic rings. The molecule has 0 amide bonds. The summed E-state index contributed by atoms with van der Waals surface area (Å²) in [4.78, 5) is 12.2. The Balaban J connectivity index is 2.80. The van der Waals surface area contributed by atoms with Crippen LogP contribution in [-0.4, -0.2) is 20.7 Å². The van der Waals surface area contributed by atoms with Crippen LogP contribution in [0.2, 0.25) is 16.6 Å². The zero-order valence-electron chi connectivity index (χ0n) is 16.3. The molecule has 4 heteroatoms. The van der Waals surface area contributed by atoms with E-state index in [2.05, 4.69) is 78.0 Å². The Morgan fingerprint density at radius 1 is 1.09 bits per heavy atom. The molecular weight excluding hydrogens is 415 g/mol. The van der Waals surface area contributed by atoms with Gasteiger partial charge in [-0.2, -0.15) is 0 Å². The summed E-state index contributed by atoms with van der Waals surface area (Å²) in [6.07, 6.45) is 2.50. The molecule has 1 aliphatic carbocycles. The minimum Gasteiger partial charge on any atom is -0.416 e. The monoisotopic (exact) mass is 450 g/mol. The predicted molar refractivity (Wildman–Crippen MR) is 111 cm³/mol. The van der Waals surface area contributed by atoms with Crippen LogP contribution in [0, 0.1) is 5.41 Å². The summed E-state index contributed by atoms with van der Waals surface area (Å²) >= 11 is 2.37. The first kappa shape index (κ1) is 21.4. The molecule has 1 fully saturated rings. The van der Waals surface area contributed by atoms with E-state index in [9.17, 15) is 4.79 Å². The largest absolute Gasteiger partial charge is 0.416 e. The van der Waals surface area contributed by atoms with Gasteiger partial charge in [0.2, 0.25) is 0 Å². The fraction of sp³-hybridized carbons (Fsp3) is 0.842. The van der Waals surface area contributed by atoms with Crippen LogP contribution in [0.3, 0.4) is 0 Å². The van der Waals surface area contributed by atoms with Gasteiger partial charge in [-0.05, 0) is 54.6 Å². The smallest absolute Gasteiger partial charge is 0.200 e. The molecule has 0 aromatic carbocycles. The van der Waals surface area contributed by atoms with Crippen molar-refractivity contribution in [1.29, 1.82) is 0 Å². The van der Waals surface area contributed by atoms with E-state index in [1.54, 1.807) is 0 Å². The molecule has 2 nitrogen and oxygen atoms in total. The van der Waals surface area contributed by atoms with Crippen molar-refractivity contribution in [3.05, 3.63) is 9.15 Å². The van der Waals surface area contributed by atoms with Crippen LogP contribution in [0.1, 0.15) is 74.7 Å². The number of ketones is 1. The average molecular weight is 450 g/mol. The zero-order chi connectivity index (χ0) is 18.0. The normalized spacial score (nSPS) is 21.0. The predicted octanol–water partition coefficient (Wildman–Crippen LogP) is 6.65. The molecule has 1 aliphatic rings. The maximum absolute atomic E-state index is 12.2. The van der Waals surface area contributed by atoms with Crippen LogP contribution in [0.15, 0.2) is 9.15 Å². The molecule has 0 N–H and O–H groups in total. The molecule has 0 unspecified atom stereocenters. The van der Waals surface area contributed by atoms with Crippen LogP contribution in [-0.2, 0) is 9.22 Å². The van der Waals surface area contributed by atoms with E-state index in [0.29, 0.717) is 28.8 Å². The molecule has 0 bridgehead atoms. The van der Waals surface area contributed by atoms with Crippen LogP contribution < -0.4 is 0 Å². The Morgan fingerprint density at radius 3 is 1.91 bits per heavy atom. The molecule has 1 saturated carbocycles. The second kappa shape index (κ2) is 8.13. The SMILES string of the molecule is CC(C)[Si](OCC/C(I)=C1/CC(C)(C)CC1=O)(C(C)C)C(C)C. The maximum atomic E-state index is 12.2. The number of carbonyl (C=O) groups is 1. The highest BCUT2D eigenvalue weighted by Gasteiger charge is 2.45. The highest BCUT2D eigenvalue weighted by atomic mass is 127. The van der Waals surface area contributed by atoms with Gasteiger partial charge in [0.15, 0.2) is 14.1 Å².